The summed E-state index contributed by atoms with van der Waals surface area (Å²) in [7, 11) is 0. The van der Waals surface area contributed by atoms with E-state index in [1.807, 2.05) is 12.1 Å². The lowest BCUT2D eigenvalue weighted by atomic mass is 10.0. The van der Waals surface area contributed by atoms with Crippen molar-refractivity contribution in [3.8, 4) is 0 Å². The van der Waals surface area contributed by atoms with Gasteiger partial charge >= 0.3 is 0 Å². The summed E-state index contributed by atoms with van der Waals surface area (Å²) in [6, 6.07) is 10.2. The van der Waals surface area contributed by atoms with Crippen LogP contribution in [-0.4, -0.2) is 0 Å². The van der Waals surface area contributed by atoms with Gasteiger partial charge in [-0.25, -0.2) is 4.39 Å². The Kier molecular flexibility index (Phi) is 6.06. The van der Waals surface area contributed by atoms with Gasteiger partial charge < -0.3 is 5.32 Å². The fraction of sp³-hybridized carbons (Fsp3) is 0.250. The fourth-order valence-electron chi connectivity index (χ4n) is 2.17. The van der Waals surface area contributed by atoms with Crippen molar-refractivity contribution < 1.29 is 4.39 Å². The summed E-state index contributed by atoms with van der Waals surface area (Å²) in [5, 5.41) is 4.66. The number of rotatable bonds is 5. The van der Waals surface area contributed by atoms with Gasteiger partial charge in [0.15, 0.2) is 0 Å². The molecule has 0 saturated carbocycles. The molecule has 0 spiro atoms. The predicted molar refractivity (Wildman–Crippen MR) is 90.4 cm³/mol. The van der Waals surface area contributed by atoms with Gasteiger partial charge in [0.05, 0.1) is 0 Å². The highest BCUT2D eigenvalue weighted by atomic mass is 79.9. The molecule has 2 rings (SSSR count). The van der Waals surface area contributed by atoms with Crippen LogP contribution in [0.1, 0.15) is 30.5 Å². The largest absolute Gasteiger partial charge is 0.306 e. The zero-order chi connectivity index (χ0) is 15.4. The smallest absolute Gasteiger partial charge is 0.123 e. The van der Waals surface area contributed by atoms with Crippen LogP contribution in [0.4, 0.5) is 4.39 Å². The van der Waals surface area contributed by atoms with Gasteiger partial charge in [-0.2, -0.15) is 0 Å². The van der Waals surface area contributed by atoms with Crippen LogP contribution in [0.15, 0.2) is 40.9 Å². The third-order valence-electron chi connectivity index (χ3n) is 3.29. The maximum Gasteiger partial charge on any atom is 0.123 e. The second-order valence-electron chi connectivity index (χ2n) is 4.74. The van der Waals surface area contributed by atoms with Crippen molar-refractivity contribution in [2.45, 2.75) is 25.9 Å². The van der Waals surface area contributed by atoms with Crippen LogP contribution in [-0.2, 0) is 6.54 Å². The molecule has 1 N–H and O–H groups in total. The van der Waals surface area contributed by atoms with Crippen LogP contribution in [0, 0.1) is 5.82 Å². The van der Waals surface area contributed by atoms with Gasteiger partial charge in [0.2, 0.25) is 0 Å². The summed E-state index contributed by atoms with van der Waals surface area (Å²) < 4.78 is 14.2. The van der Waals surface area contributed by atoms with E-state index in [2.05, 4.69) is 28.2 Å². The van der Waals surface area contributed by atoms with Gasteiger partial charge in [0, 0.05) is 27.1 Å². The normalized spacial score (nSPS) is 12.4. The molecule has 0 radical (unpaired) electrons. The summed E-state index contributed by atoms with van der Waals surface area (Å²) in [4.78, 5) is 0. The minimum absolute atomic E-state index is 0.0879. The minimum Gasteiger partial charge on any atom is -0.306 e. The lowest BCUT2D eigenvalue weighted by molar-refractivity contribution is 0.516. The van der Waals surface area contributed by atoms with Gasteiger partial charge in [0.1, 0.15) is 5.82 Å². The fourth-order valence-corrected chi connectivity index (χ4v) is 3.10. The number of nitrogens with one attached hydrogen (secondary N) is 1. The molecule has 0 amide bonds. The van der Waals surface area contributed by atoms with Crippen LogP contribution in [0.2, 0.25) is 10.0 Å². The summed E-state index contributed by atoms with van der Waals surface area (Å²) in [5.74, 6) is -0.243. The lowest BCUT2D eigenvalue weighted by Crippen LogP contribution is -2.21. The van der Waals surface area contributed by atoms with Crippen molar-refractivity contribution in [3.63, 3.8) is 0 Å². The van der Waals surface area contributed by atoms with Crippen LogP contribution < -0.4 is 5.32 Å². The summed E-state index contributed by atoms with van der Waals surface area (Å²) in [6.45, 7) is 2.62. The summed E-state index contributed by atoms with van der Waals surface area (Å²) in [6.07, 6.45) is 0.869. The van der Waals surface area contributed by atoms with E-state index in [1.54, 1.807) is 12.1 Å². The molecule has 0 aliphatic rings. The highest BCUT2D eigenvalue weighted by Crippen LogP contribution is 2.28. The molecule has 0 saturated heterocycles. The molecule has 0 heterocycles. The molecular weight excluding hydrogens is 376 g/mol. The average Bonchev–Trinajstić information content (AvgIpc) is 2.44. The molecule has 1 nitrogen and oxygen atoms in total. The highest BCUT2D eigenvalue weighted by molar-refractivity contribution is 9.10. The van der Waals surface area contributed by atoms with E-state index in [-0.39, 0.29) is 11.9 Å². The van der Waals surface area contributed by atoms with Gasteiger partial charge in [0.25, 0.3) is 0 Å². The Morgan fingerprint density at radius 1 is 1.19 bits per heavy atom. The molecular formula is C16H15BrCl2FN. The number of halogens is 4. The zero-order valence-electron chi connectivity index (χ0n) is 11.5. The van der Waals surface area contributed by atoms with Crippen molar-refractivity contribution >= 4 is 39.1 Å². The SMILES string of the molecule is CCC(NCc1cc(F)ccc1Br)c1ccc(Cl)cc1Cl. The van der Waals surface area contributed by atoms with Crippen molar-refractivity contribution in [2.75, 3.05) is 0 Å². The third-order valence-corrected chi connectivity index (χ3v) is 4.63. The Morgan fingerprint density at radius 3 is 2.62 bits per heavy atom. The van der Waals surface area contributed by atoms with Gasteiger partial charge in [-0.15, -0.1) is 0 Å². The van der Waals surface area contributed by atoms with Crippen LogP contribution in [0.5, 0.6) is 0 Å². The monoisotopic (exact) mass is 389 g/mol. The first-order valence-electron chi connectivity index (χ1n) is 6.63. The molecule has 0 aliphatic heterocycles. The van der Waals surface area contributed by atoms with Crippen LogP contribution >= 0.6 is 39.1 Å². The Hall–Kier alpha value is -0.610. The van der Waals surface area contributed by atoms with E-state index in [0.29, 0.717) is 16.6 Å². The second-order valence-corrected chi connectivity index (χ2v) is 6.44. The molecule has 1 atom stereocenters. The predicted octanol–water partition coefficient (Wildman–Crippen LogP) is 6.14. The number of benzene rings is 2. The zero-order valence-corrected chi connectivity index (χ0v) is 14.6. The molecule has 2 aromatic rings. The lowest BCUT2D eigenvalue weighted by Gasteiger charge is -2.19. The van der Waals surface area contributed by atoms with E-state index in [1.165, 1.54) is 12.1 Å². The maximum atomic E-state index is 13.3. The van der Waals surface area contributed by atoms with Crippen molar-refractivity contribution in [1.29, 1.82) is 0 Å². The Labute approximate surface area is 142 Å². The number of hydrogen-bond donors (Lipinski definition) is 1. The maximum absolute atomic E-state index is 13.3. The van der Waals surface area contributed by atoms with Gasteiger partial charge in [-0.3, -0.25) is 0 Å². The van der Waals surface area contributed by atoms with E-state index in [4.69, 9.17) is 23.2 Å². The molecule has 1 unspecified atom stereocenters. The quantitative estimate of drug-likeness (QED) is 0.646. The molecule has 0 aliphatic carbocycles. The van der Waals surface area contributed by atoms with Gasteiger partial charge in [-0.1, -0.05) is 52.1 Å². The number of hydrogen-bond acceptors (Lipinski definition) is 1. The first-order chi connectivity index (χ1) is 10.0. The first kappa shape index (κ1) is 16.8. The molecule has 21 heavy (non-hydrogen) atoms. The Morgan fingerprint density at radius 2 is 1.95 bits per heavy atom. The van der Waals surface area contributed by atoms with Crippen LogP contribution in [0.25, 0.3) is 0 Å². The standard InChI is InChI=1S/C16H15BrCl2FN/c1-2-16(13-5-3-11(18)8-15(13)19)21-9-10-7-12(20)4-6-14(10)17/h3-8,16,21H,2,9H2,1H3. The van der Waals surface area contributed by atoms with Crippen molar-refractivity contribution in [3.05, 3.63) is 67.9 Å². The molecule has 5 heteroatoms. The van der Waals surface area contributed by atoms with Gasteiger partial charge in [-0.05, 0) is 47.9 Å². The first-order valence-corrected chi connectivity index (χ1v) is 8.18. The van der Waals surface area contributed by atoms with E-state index in [9.17, 15) is 4.39 Å². The highest BCUT2D eigenvalue weighted by Gasteiger charge is 2.13. The van der Waals surface area contributed by atoms with Crippen molar-refractivity contribution in [2.24, 2.45) is 0 Å². The molecule has 0 bridgehead atoms. The molecule has 0 fully saturated rings. The average molecular weight is 391 g/mol. The van der Waals surface area contributed by atoms with Crippen molar-refractivity contribution in [1.82, 2.24) is 5.32 Å². The third kappa shape index (κ3) is 4.43. The minimum atomic E-state index is -0.243. The summed E-state index contributed by atoms with van der Waals surface area (Å²) in [5.41, 5.74) is 1.87. The molecule has 112 valence electrons. The Bertz CT molecular complexity index is 634. The molecule has 2 aromatic carbocycles. The molecule has 0 aromatic heterocycles. The second kappa shape index (κ2) is 7.59. The topological polar surface area (TPSA) is 12.0 Å². The van der Waals surface area contributed by atoms with Crippen LogP contribution in [0.3, 0.4) is 0 Å². The van der Waals surface area contributed by atoms with E-state index in [0.717, 1.165) is 22.0 Å². The van der Waals surface area contributed by atoms with E-state index >= 15 is 0 Å². The Balaban J connectivity index is 2.14. The van der Waals surface area contributed by atoms with E-state index < -0.39 is 0 Å². The summed E-state index contributed by atoms with van der Waals surface area (Å²) >= 11 is 15.6.